The van der Waals surface area contributed by atoms with Crippen LogP contribution in [-0.4, -0.2) is 61.0 Å². The molecule has 1 heterocycles. The maximum Gasteiger partial charge on any atom is 0.251 e. The number of amides is 1. The van der Waals surface area contributed by atoms with Gasteiger partial charge in [0.1, 0.15) is 17.7 Å². The Morgan fingerprint density at radius 1 is 1.17 bits per heavy atom. The lowest BCUT2D eigenvalue weighted by Crippen LogP contribution is -2.41. The number of rotatable bonds is 13. The summed E-state index contributed by atoms with van der Waals surface area (Å²) in [6, 6.07) is 5.50. The summed E-state index contributed by atoms with van der Waals surface area (Å²) in [6.07, 6.45) is 1.55. The average molecular weight is 492 g/mol. The average Bonchev–Trinajstić information content (AvgIpc) is 2.83. The summed E-state index contributed by atoms with van der Waals surface area (Å²) in [4.78, 5) is 14.4. The summed E-state index contributed by atoms with van der Waals surface area (Å²) in [5.74, 6) is -1.51. The van der Waals surface area contributed by atoms with E-state index in [2.05, 4.69) is 31.0 Å². The van der Waals surface area contributed by atoms with Crippen LogP contribution in [0.25, 0.3) is 11.3 Å². The molecule has 35 heavy (non-hydrogen) atoms. The maximum atomic E-state index is 14.4. The van der Waals surface area contributed by atoms with Crippen molar-refractivity contribution in [1.82, 2.24) is 15.1 Å². The molecule has 0 saturated heterocycles. The van der Waals surface area contributed by atoms with Crippen LogP contribution < -0.4 is 0 Å². The van der Waals surface area contributed by atoms with Crippen molar-refractivity contribution in [2.24, 2.45) is 5.41 Å². The molecule has 1 aromatic heterocycles. The standard InChI is InChI=1S/C27H39F2N3O3/c1-8-11-22-19(16-23(31-30-22)25-20(28)12-10-13-21(25)29)18(3)27(4,5)17-35-24(9-2)26(33)32(6)14-15-34-7/h10,12-13,16,18,24H,8-9,11,14-15,17H2,1-7H3/t18-,24+/m0/s1. The van der Waals surface area contributed by atoms with Gasteiger partial charge in [0.25, 0.3) is 5.91 Å². The van der Waals surface area contributed by atoms with Crippen LogP contribution in [0.2, 0.25) is 0 Å². The number of carbonyl (C=O) groups excluding carboxylic acids is 1. The lowest BCUT2D eigenvalue weighted by atomic mass is 9.75. The largest absolute Gasteiger partial charge is 0.383 e. The molecule has 194 valence electrons. The van der Waals surface area contributed by atoms with E-state index in [9.17, 15) is 13.6 Å². The number of aryl methyl sites for hydroxylation is 1. The Hall–Kier alpha value is -2.45. The zero-order chi connectivity index (χ0) is 26.2. The van der Waals surface area contributed by atoms with Crippen LogP contribution in [0.4, 0.5) is 8.78 Å². The number of hydrogen-bond acceptors (Lipinski definition) is 5. The van der Waals surface area contributed by atoms with Crippen molar-refractivity contribution in [1.29, 1.82) is 0 Å². The van der Waals surface area contributed by atoms with Gasteiger partial charge in [-0.05, 0) is 47.9 Å². The fourth-order valence-electron chi connectivity index (χ4n) is 3.91. The molecule has 0 saturated carbocycles. The molecule has 8 heteroatoms. The number of methoxy groups -OCH3 is 1. The van der Waals surface area contributed by atoms with Crippen LogP contribution in [0.1, 0.15) is 64.6 Å². The Balaban J connectivity index is 2.30. The minimum atomic E-state index is -0.675. The van der Waals surface area contributed by atoms with E-state index in [0.717, 1.165) is 17.7 Å². The van der Waals surface area contributed by atoms with Crippen molar-refractivity contribution in [2.75, 3.05) is 33.9 Å². The highest BCUT2D eigenvalue weighted by molar-refractivity contribution is 5.80. The van der Waals surface area contributed by atoms with Gasteiger partial charge in [-0.3, -0.25) is 4.79 Å². The molecule has 2 aromatic rings. The Morgan fingerprint density at radius 3 is 2.40 bits per heavy atom. The van der Waals surface area contributed by atoms with Crippen LogP contribution in [0.15, 0.2) is 24.3 Å². The van der Waals surface area contributed by atoms with Crippen LogP contribution in [0.3, 0.4) is 0 Å². The summed E-state index contributed by atoms with van der Waals surface area (Å²) in [7, 11) is 3.34. The summed E-state index contributed by atoms with van der Waals surface area (Å²) in [5, 5.41) is 8.50. The fraction of sp³-hybridized carbons (Fsp3) is 0.593. The second kappa shape index (κ2) is 13.0. The van der Waals surface area contributed by atoms with Crippen LogP contribution in [0.5, 0.6) is 0 Å². The molecular weight excluding hydrogens is 452 g/mol. The number of carbonyl (C=O) groups is 1. The van der Waals surface area contributed by atoms with E-state index in [1.807, 2.05) is 13.8 Å². The highest BCUT2D eigenvalue weighted by Crippen LogP contribution is 2.39. The Labute approximate surface area is 208 Å². The van der Waals surface area contributed by atoms with Gasteiger partial charge in [0.05, 0.1) is 30.2 Å². The topological polar surface area (TPSA) is 64.6 Å². The number of likely N-dealkylation sites (N-methyl/N-ethyl adjacent to an activating group) is 1. The smallest absolute Gasteiger partial charge is 0.251 e. The number of hydrogen-bond donors (Lipinski definition) is 0. The van der Waals surface area contributed by atoms with E-state index in [0.29, 0.717) is 32.6 Å². The summed E-state index contributed by atoms with van der Waals surface area (Å²) < 4.78 is 40.1. The molecule has 0 fully saturated rings. The Morgan fingerprint density at radius 2 is 1.83 bits per heavy atom. The Bertz CT molecular complexity index is 964. The second-order valence-corrected chi connectivity index (χ2v) is 9.65. The van der Waals surface area contributed by atoms with Gasteiger partial charge in [-0.25, -0.2) is 8.78 Å². The highest BCUT2D eigenvalue weighted by atomic mass is 19.1. The number of halogens is 2. The predicted octanol–water partition coefficient (Wildman–Crippen LogP) is 5.40. The summed E-state index contributed by atoms with van der Waals surface area (Å²) >= 11 is 0. The first-order valence-electron chi connectivity index (χ1n) is 12.2. The third kappa shape index (κ3) is 7.27. The van der Waals surface area contributed by atoms with E-state index in [1.165, 1.54) is 18.2 Å². The van der Waals surface area contributed by atoms with Gasteiger partial charge < -0.3 is 14.4 Å². The first kappa shape index (κ1) is 28.8. The van der Waals surface area contributed by atoms with Gasteiger partial charge in [0.15, 0.2) is 0 Å². The third-order valence-electron chi connectivity index (χ3n) is 6.56. The van der Waals surface area contributed by atoms with Crippen molar-refractivity contribution in [3.63, 3.8) is 0 Å². The quantitative estimate of drug-likeness (QED) is 0.375. The molecule has 2 atom stereocenters. The molecule has 0 radical (unpaired) electrons. The van der Waals surface area contributed by atoms with Crippen molar-refractivity contribution in [3.8, 4) is 11.3 Å². The number of ether oxygens (including phenoxy) is 2. The van der Waals surface area contributed by atoms with Gasteiger partial charge in [-0.2, -0.15) is 10.2 Å². The first-order chi connectivity index (χ1) is 16.6. The van der Waals surface area contributed by atoms with Gasteiger partial charge in [-0.15, -0.1) is 0 Å². The molecule has 0 aliphatic rings. The molecule has 6 nitrogen and oxygen atoms in total. The third-order valence-corrected chi connectivity index (χ3v) is 6.56. The van der Waals surface area contributed by atoms with Crippen molar-refractivity contribution in [3.05, 3.63) is 47.2 Å². The predicted molar refractivity (Wildman–Crippen MR) is 133 cm³/mol. The van der Waals surface area contributed by atoms with Crippen LogP contribution in [-0.2, 0) is 20.7 Å². The fourth-order valence-corrected chi connectivity index (χ4v) is 3.91. The van der Waals surface area contributed by atoms with Crippen LogP contribution in [0, 0.1) is 17.0 Å². The van der Waals surface area contributed by atoms with Gasteiger partial charge in [0.2, 0.25) is 0 Å². The maximum absolute atomic E-state index is 14.4. The highest BCUT2D eigenvalue weighted by Gasteiger charge is 2.33. The molecule has 2 rings (SSSR count). The minimum Gasteiger partial charge on any atom is -0.383 e. The molecule has 0 unspecified atom stereocenters. The zero-order valence-electron chi connectivity index (χ0n) is 22.0. The Kier molecular flexibility index (Phi) is 10.7. The summed E-state index contributed by atoms with van der Waals surface area (Å²) in [5.41, 5.74) is 1.28. The van der Waals surface area contributed by atoms with Crippen molar-refractivity contribution in [2.45, 2.75) is 65.9 Å². The molecule has 0 N–H and O–H groups in total. The van der Waals surface area contributed by atoms with Gasteiger partial charge >= 0.3 is 0 Å². The van der Waals surface area contributed by atoms with E-state index < -0.39 is 23.2 Å². The molecule has 0 aliphatic heterocycles. The van der Waals surface area contributed by atoms with E-state index >= 15 is 0 Å². The minimum absolute atomic E-state index is 0.0769. The molecule has 1 amide bonds. The monoisotopic (exact) mass is 491 g/mol. The SMILES string of the molecule is CCCc1nnc(-c2c(F)cccc2F)cc1[C@H](C)C(C)(C)CO[C@H](CC)C(=O)N(C)CCOC. The number of benzene rings is 1. The zero-order valence-corrected chi connectivity index (χ0v) is 22.0. The first-order valence-corrected chi connectivity index (χ1v) is 12.2. The number of nitrogens with zero attached hydrogens (tertiary/aromatic N) is 3. The molecule has 0 aliphatic carbocycles. The molecule has 0 bridgehead atoms. The van der Waals surface area contributed by atoms with E-state index in [1.54, 1.807) is 25.1 Å². The van der Waals surface area contributed by atoms with Crippen LogP contribution >= 0.6 is 0 Å². The second-order valence-electron chi connectivity index (χ2n) is 9.65. The van der Waals surface area contributed by atoms with Gasteiger partial charge in [-0.1, -0.05) is 47.1 Å². The van der Waals surface area contributed by atoms with E-state index in [-0.39, 0.29) is 23.1 Å². The lowest BCUT2D eigenvalue weighted by molar-refractivity contribution is -0.145. The van der Waals surface area contributed by atoms with Gasteiger partial charge in [0, 0.05) is 20.7 Å². The molecule has 1 aromatic carbocycles. The molecular formula is C27H39F2N3O3. The molecule has 0 spiro atoms. The lowest BCUT2D eigenvalue weighted by Gasteiger charge is -2.34. The van der Waals surface area contributed by atoms with Crippen molar-refractivity contribution >= 4 is 5.91 Å². The van der Waals surface area contributed by atoms with Crippen molar-refractivity contribution < 1.29 is 23.0 Å². The normalized spacial score (nSPS) is 13.5. The van der Waals surface area contributed by atoms with E-state index in [4.69, 9.17) is 9.47 Å². The summed E-state index contributed by atoms with van der Waals surface area (Å²) in [6.45, 7) is 11.4. The number of aromatic nitrogens is 2.